The lowest BCUT2D eigenvalue weighted by Gasteiger charge is -2.03. The highest BCUT2D eigenvalue weighted by Crippen LogP contribution is 2.30. The smallest absolute Gasteiger partial charge is 0.305 e. The van der Waals surface area contributed by atoms with E-state index in [2.05, 4.69) is 4.98 Å². The van der Waals surface area contributed by atoms with Gasteiger partial charge in [-0.15, -0.1) is 11.3 Å². The first-order valence-electron chi connectivity index (χ1n) is 4.62. The molecule has 1 atom stereocenters. The summed E-state index contributed by atoms with van der Waals surface area (Å²) in [6.45, 7) is 0. The Labute approximate surface area is 85.8 Å². The Morgan fingerprint density at radius 2 is 2.43 bits per heavy atom. The molecule has 1 heterocycles. The maximum atomic E-state index is 10.5. The minimum absolute atomic E-state index is 0.0353. The molecule has 1 aromatic rings. The number of nitrogens with two attached hydrogens (primary N) is 1. The van der Waals surface area contributed by atoms with Gasteiger partial charge >= 0.3 is 5.97 Å². The van der Waals surface area contributed by atoms with Crippen molar-refractivity contribution >= 4 is 17.3 Å². The van der Waals surface area contributed by atoms with Crippen LogP contribution >= 0.6 is 11.3 Å². The van der Waals surface area contributed by atoms with Crippen molar-refractivity contribution in [1.29, 1.82) is 0 Å². The van der Waals surface area contributed by atoms with Gasteiger partial charge in [-0.1, -0.05) is 0 Å². The summed E-state index contributed by atoms with van der Waals surface area (Å²) < 4.78 is 0. The Balaban J connectivity index is 2.13. The van der Waals surface area contributed by atoms with Crippen LogP contribution in [0.4, 0.5) is 0 Å². The summed E-state index contributed by atoms with van der Waals surface area (Å²) in [4.78, 5) is 16.1. The molecule has 0 amide bonds. The zero-order valence-corrected chi connectivity index (χ0v) is 8.51. The van der Waals surface area contributed by atoms with Gasteiger partial charge in [-0.2, -0.15) is 0 Å². The number of thiazole rings is 1. The first-order valence-corrected chi connectivity index (χ1v) is 5.44. The fraction of sp³-hybridized carbons (Fsp3) is 0.556. The number of rotatable bonds is 3. The molecule has 0 saturated carbocycles. The number of carbonyl (C=O) groups is 1. The Hall–Kier alpha value is -0.940. The molecule has 0 radical (unpaired) electrons. The largest absolute Gasteiger partial charge is 0.481 e. The summed E-state index contributed by atoms with van der Waals surface area (Å²) in [5, 5.41) is 9.36. The summed E-state index contributed by atoms with van der Waals surface area (Å²) in [5.74, 6) is -0.868. The van der Waals surface area contributed by atoms with Crippen molar-refractivity contribution in [2.75, 3.05) is 0 Å². The Kier molecular flexibility index (Phi) is 2.52. The Morgan fingerprint density at radius 1 is 1.64 bits per heavy atom. The van der Waals surface area contributed by atoms with E-state index in [0.29, 0.717) is 0 Å². The summed E-state index contributed by atoms with van der Waals surface area (Å²) in [7, 11) is 0. The molecule has 2 rings (SSSR count). The average Bonchev–Trinajstić information content (AvgIpc) is 2.58. The summed E-state index contributed by atoms with van der Waals surface area (Å²) in [6, 6.07) is -0.442. The third-order valence-corrected chi connectivity index (χ3v) is 3.61. The van der Waals surface area contributed by atoms with Gasteiger partial charge in [-0.25, -0.2) is 4.98 Å². The molecule has 76 valence electrons. The van der Waals surface area contributed by atoms with Gasteiger partial charge in [-0.3, -0.25) is 4.79 Å². The van der Waals surface area contributed by atoms with Crippen molar-refractivity contribution in [3.8, 4) is 0 Å². The minimum atomic E-state index is -0.868. The number of hydrogen-bond acceptors (Lipinski definition) is 4. The van der Waals surface area contributed by atoms with Gasteiger partial charge in [0.05, 0.1) is 18.2 Å². The number of carboxylic acid groups (broad SMARTS) is 1. The van der Waals surface area contributed by atoms with Crippen LogP contribution in [0.3, 0.4) is 0 Å². The molecule has 0 aromatic carbocycles. The van der Waals surface area contributed by atoms with Crippen LogP contribution in [0.2, 0.25) is 0 Å². The number of aryl methyl sites for hydroxylation is 2. The molecule has 5 heteroatoms. The fourth-order valence-corrected chi connectivity index (χ4v) is 2.80. The molecule has 0 fully saturated rings. The fourth-order valence-electron chi connectivity index (χ4n) is 1.64. The number of fused-ring (bicyclic) bond motifs is 1. The number of hydrogen-bond donors (Lipinski definition) is 2. The molecule has 1 aliphatic rings. The molecule has 4 nitrogen and oxygen atoms in total. The van der Waals surface area contributed by atoms with E-state index in [0.717, 1.165) is 23.5 Å². The second-order valence-electron chi connectivity index (χ2n) is 3.48. The molecular formula is C9H12N2O2S. The first-order chi connectivity index (χ1) is 6.66. The predicted molar refractivity (Wildman–Crippen MR) is 53.3 cm³/mol. The van der Waals surface area contributed by atoms with Crippen LogP contribution in [-0.4, -0.2) is 16.1 Å². The molecule has 1 aliphatic carbocycles. The van der Waals surface area contributed by atoms with Crippen LogP contribution in [0.5, 0.6) is 0 Å². The van der Waals surface area contributed by atoms with Gasteiger partial charge < -0.3 is 10.8 Å². The zero-order valence-electron chi connectivity index (χ0n) is 7.69. The lowest BCUT2D eigenvalue weighted by atomic mass is 10.2. The maximum Gasteiger partial charge on any atom is 0.305 e. The van der Waals surface area contributed by atoms with Crippen LogP contribution < -0.4 is 5.73 Å². The van der Waals surface area contributed by atoms with E-state index in [1.54, 1.807) is 11.3 Å². The third kappa shape index (κ3) is 1.78. The van der Waals surface area contributed by atoms with Crippen molar-refractivity contribution < 1.29 is 9.90 Å². The van der Waals surface area contributed by atoms with Crippen LogP contribution in [0.15, 0.2) is 0 Å². The highest BCUT2D eigenvalue weighted by atomic mass is 32.1. The van der Waals surface area contributed by atoms with Gasteiger partial charge in [-0.05, 0) is 19.3 Å². The van der Waals surface area contributed by atoms with Gasteiger partial charge in [0, 0.05) is 4.88 Å². The minimum Gasteiger partial charge on any atom is -0.481 e. The molecule has 3 N–H and O–H groups in total. The van der Waals surface area contributed by atoms with E-state index >= 15 is 0 Å². The van der Waals surface area contributed by atoms with Crippen molar-refractivity contribution in [3.05, 3.63) is 15.6 Å². The monoisotopic (exact) mass is 212 g/mol. The number of nitrogens with zero attached hydrogens (tertiary/aromatic N) is 1. The molecule has 0 bridgehead atoms. The zero-order chi connectivity index (χ0) is 10.1. The summed E-state index contributed by atoms with van der Waals surface area (Å²) in [6.07, 6.45) is 3.23. The summed E-state index contributed by atoms with van der Waals surface area (Å²) in [5.41, 5.74) is 6.85. The van der Waals surface area contributed by atoms with E-state index < -0.39 is 12.0 Å². The number of aliphatic carboxylic acids is 1. The van der Waals surface area contributed by atoms with Crippen LogP contribution in [0, 0.1) is 0 Å². The van der Waals surface area contributed by atoms with E-state index in [1.165, 1.54) is 11.3 Å². The highest BCUT2D eigenvalue weighted by molar-refractivity contribution is 7.11. The van der Waals surface area contributed by atoms with E-state index in [4.69, 9.17) is 10.8 Å². The molecular weight excluding hydrogens is 200 g/mol. The van der Waals surface area contributed by atoms with Crippen molar-refractivity contribution in [2.45, 2.75) is 31.7 Å². The molecule has 14 heavy (non-hydrogen) atoms. The van der Waals surface area contributed by atoms with E-state index in [9.17, 15) is 4.79 Å². The standard InChI is InChI=1S/C9H12N2O2S/c10-5(4-8(12)13)9-11-6-2-1-3-7(6)14-9/h5H,1-4,10H2,(H,12,13)/t5-/m0/s1. The molecule has 0 saturated heterocycles. The van der Waals surface area contributed by atoms with Gasteiger partial charge in [0.2, 0.25) is 0 Å². The van der Waals surface area contributed by atoms with Crippen molar-refractivity contribution in [2.24, 2.45) is 5.73 Å². The maximum absolute atomic E-state index is 10.5. The molecule has 1 aromatic heterocycles. The Morgan fingerprint density at radius 3 is 3.07 bits per heavy atom. The second kappa shape index (κ2) is 3.67. The van der Waals surface area contributed by atoms with Gasteiger partial charge in [0.1, 0.15) is 5.01 Å². The normalized spacial score (nSPS) is 16.6. The first kappa shape index (κ1) is 9.61. The number of carboxylic acids is 1. The topological polar surface area (TPSA) is 76.2 Å². The van der Waals surface area contributed by atoms with Crippen LogP contribution in [-0.2, 0) is 17.6 Å². The third-order valence-electron chi connectivity index (χ3n) is 2.32. The summed E-state index contributed by atoms with van der Waals surface area (Å²) >= 11 is 1.57. The lowest BCUT2D eigenvalue weighted by molar-refractivity contribution is -0.137. The highest BCUT2D eigenvalue weighted by Gasteiger charge is 2.21. The van der Waals surface area contributed by atoms with Gasteiger partial charge in [0.15, 0.2) is 0 Å². The van der Waals surface area contributed by atoms with E-state index in [-0.39, 0.29) is 6.42 Å². The molecule has 0 aliphatic heterocycles. The predicted octanol–water partition coefficient (Wildman–Crippen LogP) is 1.11. The number of aromatic nitrogens is 1. The van der Waals surface area contributed by atoms with Crippen molar-refractivity contribution in [1.82, 2.24) is 4.98 Å². The van der Waals surface area contributed by atoms with Crippen LogP contribution in [0.1, 0.15) is 34.5 Å². The van der Waals surface area contributed by atoms with Crippen molar-refractivity contribution in [3.63, 3.8) is 0 Å². The Bertz CT molecular complexity index is 340. The quantitative estimate of drug-likeness (QED) is 0.786. The lowest BCUT2D eigenvalue weighted by Crippen LogP contribution is -2.14. The second-order valence-corrected chi connectivity index (χ2v) is 4.60. The molecule has 0 unspecified atom stereocenters. The average molecular weight is 212 g/mol. The van der Waals surface area contributed by atoms with Crippen LogP contribution in [0.25, 0.3) is 0 Å². The van der Waals surface area contributed by atoms with Gasteiger partial charge in [0.25, 0.3) is 0 Å². The van der Waals surface area contributed by atoms with E-state index in [1.807, 2.05) is 0 Å². The SMILES string of the molecule is N[C@@H](CC(=O)O)c1nc2c(s1)CCC2. The molecule has 0 spiro atoms.